The lowest BCUT2D eigenvalue weighted by atomic mass is 10.1. The van der Waals surface area contributed by atoms with Gasteiger partial charge in [-0.05, 0) is 35.0 Å². The second kappa shape index (κ2) is 4.87. The first-order valence-electron chi connectivity index (χ1n) is 6.70. The van der Waals surface area contributed by atoms with Gasteiger partial charge in [0.05, 0.1) is 0 Å². The SMILES string of the molecule is [c]1ccccc1-c1nnc(-c2ccc3ccccc3c2)o1. The Morgan fingerprint density at radius 3 is 2.43 bits per heavy atom. The highest BCUT2D eigenvalue weighted by atomic mass is 16.4. The van der Waals surface area contributed by atoms with Gasteiger partial charge in [-0.2, -0.15) is 0 Å². The highest BCUT2D eigenvalue weighted by Gasteiger charge is 2.10. The summed E-state index contributed by atoms with van der Waals surface area (Å²) in [6.07, 6.45) is 0. The molecule has 0 fully saturated rings. The maximum absolute atomic E-state index is 5.75. The largest absolute Gasteiger partial charge is 0.416 e. The lowest BCUT2D eigenvalue weighted by Gasteiger charge is -1.99. The maximum atomic E-state index is 5.75. The molecule has 3 aromatic carbocycles. The van der Waals surface area contributed by atoms with Gasteiger partial charge in [-0.25, -0.2) is 0 Å². The number of fused-ring (bicyclic) bond motifs is 1. The van der Waals surface area contributed by atoms with Crippen LogP contribution in [-0.2, 0) is 0 Å². The average molecular weight is 271 g/mol. The molecule has 4 aromatic rings. The van der Waals surface area contributed by atoms with Gasteiger partial charge in [0.1, 0.15) is 0 Å². The number of hydrogen-bond acceptors (Lipinski definition) is 3. The van der Waals surface area contributed by atoms with Crippen LogP contribution in [0.25, 0.3) is 33.7 Å². The average Bonchev–Trinajstić information content (AvgIpc) is 3.05. The fourth-order valence-electron chi connectivity index (χ4n) is 2.30. The van der Waals surface area contributed by atoms with E-state index in [1.165, 1.54) is 5.39 Å². The van der Waals surface area contributed by atoms with Crippen molar-refractivity contribution in [3.63, 3.8) is 0 Å². The van der Waals surface area contributed by atoms with E-state index in [2.05, 4.69) is 40.5 Å². The Balaban J connectivity index is 1.77. The number of benzene rings is 3. The van der Waals surface area contributed by atoms with Crippen molar-refractivity contribution in [1.29, 1.82) is 0 Å². The summed E-state index contributed by atoms with van der Waals surface area (Å²) < 4.78 is 5.75. The lowest BCUT2D eigenvalue weighted by molar-refractivity contribution is 0.584. The molecule has 0 saturated carbocycles. The van der Waals surface area contributed by atoms with Crippen LogP contribution in [0.4, 0.5) is 0 Å². The van der Waals surface area contributed by atoms with E-state index in [1.807, 2.05) is 42.5 Å². The van der Waals surface area contributed by atoms with Gasteiger partial charge in [-0.1, -0.05) is 48.5 Å². The standard InChI is InChI=1S/C18H11N2O/c1-2-7-14(8-3-1)17-19-20-18(21-17)16-11-10-13-6-4-5-9-15(13)12-16/h1-7,9-12H. The summed E-state index contributed by atoms with van der Waals surface area (Å²) in [7, 11) is 0. The van der Waals surface area contributed by atoms with Gasteiger partial charge < -0.3 is 4.42 Å². The van der Waals surface area contributed by atoms with Crippen LogP contribution in [0.5, 0.6) is 0 Å². The molecule has 3 nitrogen and oxygen atoms in total. The Bertz CT molecular complexity index is 897. The molecule has 0 aliphatic carbocycles. The van der Waals surface area contributed by atoms with Crippen LogP contribution in [0, 0.1) is 6.07 Å². The highest BCUT2D eigenvalue weighted by Crippen LogP contribution is 2.26. The van der Waals surface area contributed by atoms with E-state index >= 15 is 0 Å². The Hall–Kier alpha value is -2.94. The summed E-state index contributed by atoms with van der Waals surface area (Å²) in [5.74, 6) is 1.01. The van der Waals surface area contributed by atoms with Crippen molar-refractivity contribution in [3.8, 4) is 22.9 Å². The summed E-state index contributed by atoms with van der Waals surface area (Å²) in [5, 5.41) is 10.6. The predicted molar refractivity (Wildman–Crippen MR) is 81.5 cm³/mol. The van der Waals surface area contributed by atoms with E-state index in [1.54, 1.807) is 0 Å². The number of aromatic nitrogens is 2. The first-order chi connectivity index (χ1) is 10.4. The van der Waals surface area contributed by atoms with Gasteiger partial charge in [0.25, 0.3) is 0 Å². The van der Waals surface area contributed by atoms with Crippen molar-refractivity contribution in [2.24, 2.45) is 0 Å². The van der Waals surface area contributed by atoms with E-state index < -0.39 is 0 Å². The normalized spacial score (nSPS) is 10.9. The minimum absolute atomic E-state index is 0.485. The van der Waals surface area contributed by atoms with Crippen LogP contribution < -0.4 is 0 Å². The molecular weight excluding hydrogens is 260 g/mol. The summed E-state index contributed by atoms with van der Waals surface area (Å²) in [4.78, 5) is 0. The van der Waals surface area contributed by atoms with Crippen molar-refractivity contribution in [1.82, 2.24) is 10.2 Å². The zero-order valence-electron chi connectivity index (χ0n) is 11.2. The third-order valence-corrected chi connectivity index (χ3v) is 3.36. The third kappa shape index (κ3) is 2.19. The third-order valence-electron chi connectivity index (χ3n) is 3.36. The molecule has 0 atom stereocenters. The molecule has 0 aliphatic rings. The molecule has 1 aromatic heterocycles. The van der Waals surface area contributed by atoms with Crippen LogP contribution in [-0.4, -0.2) is 10.2 Å². The fraction of sp³-hybridized carbons (Fsp3) is 0. The van der Waals surface area contributed by atoms with E-state index in [0.717, 1.165) is 16.5 Å². The fourth-order valence-corrected chi connectivity index (χ4v) is 2.30. The minimum Gasteiger partial charge on any atom is -0.416 e. The molecule has 99 valence electrons. The van der Waals surface area contributed by atoms with E-state index in [-0.39, 0.29) is 0 Å². The van der Waals surface area contributed by atoms with Crippen LogP contribution in [0.2, 0.25) is 0 Å². The maximum Gasteiger partial charge on any atom is 0.248 e. The number of hydrogen-bond donors (Lipinski definition) is 0. The van der Waals surface area contributed by atoms with Gasteiger partial charge in [0, 0.05) is 11.1 Å². The van der Waals surface area contributed by atoms with E-state index in [9.17, 15) is 0 Å². The second-order valence-corrected chi connectivity index (χ2v) is 4.75. The van der Waals surface area contributed by atoms with Gasteiger partial charge in [0.15, 0.2) is 0 Å². The summed E-state index contributed by atoms with van der Waals surface area (Å²) in [6.45, 7) is 0. The lowest BCUT2D eigenvalue weighted by Crippen LogP contribution is -1.79. The van der Waals surface area contributed by atoms with Crippen molar-refractivity contribution in [2.45, 2.75) is 0 Å². The van der Waals surface area contributed by atoms with E-state index in [4.69, 9.17) is 4.42 Å². The van der Waals surface area contributed by atoms with Crippen LogP contribution in [0.1, 0.15) is 0 Å². The van der Waals surface area contributed by atoms with Crippen molar-refractivity contribution >= 4 is 10.8 Å². The predicted octanol–water partition coefficient (Wildman–Crippen LogP) is 4.36. The molecule has 1 radical (unpaired) electrons. The van der Waals surface area contributed by atoms with Gasteiger partial charge in [-0.3, -0.25) is 0 Å². The molecule has 0 amide bonds. The highest BCUT2D eigenvalue weighted by molar-refractivity contribution is 5.86. The smallest absolute Gasteiger partial charge is 0.248 e. The molecule has 0 unspecified atom stereocenters. The summed E-state index contributed by atoms with van der Waals surface area (Å²) >= 11 is 0. The van der Waals surface area contributed by atoms with Crippen LogP contribution in [0.15, 0.2) is 71.1 Å². The van der Waals surface area contributed by atoms with Crippen molar-refractivity contribution < 1.29 is 4.42 Å². The van der Waals surface area contributed by atoms with E-state index in [0.29, 0.717) is 11.8 Å². The Morgan fingerprint density at radius 2 is 1.57 bits per heavy atom. The minimum atomic E-state index is 0.485. The molecule has 4 rings (SSSR count). The van der Waals surface area contributed by atoms with Crippen molar-refractivity contribution in [2.75, 3.05) is 0 Å². The van der Waals surface area contributed by atoms with Gasteiger partial charge in [-0.15, -0.1) is 10.2 Å². The van der Waals surface area contributed by atoms with Gasteiger partial charge >= 0.3 is 0 Å². The Labute approximate surface area is 121 Å². The van der Waals surface area contributed by atoms with Gasteiger partial charge in [0.2, 0.25) is 11.8 Å². The van der Waals surface area contributed by atoms with Crippen LogP contribution in [0.3, 0.4) is 0 Å². The molecule has 21 heavy (non-hydrogen) atoms. The topological polar surface area (TPSA) is 38.9 Å². The molecule has 3 heteroatoms. The zero-order valence-corrected chi connectivity index (χ0v) is 11.2. The molecule has 0 spiro atoms. The zero-order chi connectivity index (χ0) is 14.1. The summed E-state index contributed by atoms with van der Waals surface area (Å²) in [5.41, 5.74) is 1.72. The first-order valence-corrected chi connectivity index (χ1v) is 6.70. The molecule has 1 heterocycles. The molecule has 0 aliphatic heterocycles. The molecule has 0 bridgehead atoms. The Morgan fingerprint density at radius 1 is 0.762 bits per heavy atom. The van der Waals surface area contributed by atoms with Crippen LogP contribution >= 0.6 is 0 Å². The Kier molecular flexibility index (Phi) is 2.75. The molecule has 0 saturated heterocycles. The number of rotatable bonds is 2. The van der Waals surface area contributed by atoms with Crippen molar-refractivity contribution in [3.05, 3.63) is 72.8 Å². The second-order valence-electron chi connectivity index (χ2n) is 4.75. The quantitative estimate of drug-likeness (QED) is 0.544. The first kappa shape index (κ1) is 11.9. The monoisotopic (exact) mass is 271 g/mol. The molecular formula is C18H11N2O. The number of nitrogens with zero attached hydrogens (tertiary/aromatic N) is 2. The molecule has 0 N–H and O–H groups in total. The summed E-state index contributed by atoms with van der Waals surface area (Å²) in [6, 6.07) is 24.9.